The van der Waals surface area contributed by atoms with E-state index in [9.17, 15) is 4.79 Å². The molecule has 3 heterocycles. The van der Waals surface area contributed by atoms with Gasteiger partial charge in [-0.3, -0.25) is 10.1 Å². The number of hydrogen-bond acceptors (Lipinski definition) is 8. The van der Waals surface area contributed by atoms with Crippen molar-refractivity contribution in [1.29, 1.82) is 0 Å². The van der Waals surface area contributed by atoms with Crippen LogP contribution in [0, 0.1) is 0 Å². The molecule has 1 N–H and O–H groups in total. The maximum Gasteiger partial charge on any atom is 0.257 e. The van der Waals surface area contributed by atoms with Gasteiger partial charge in [0, 0.05) is 24.8 Å². The molecule has 1 aliphatic heterocycles. The molecule has 1 amide bonds. The Hall–Kier alpha value is -2.36. The van der Waals surface area contributed by atoms with Gasteiger partial charge in [-0.15, -0.1) is 11.8 Å². The average Bonchev–Trinajstić information content (AvgIpc) is 3.23. The summed E-state index contributed by atoms with van der Waals surface area (Å²) in [6.07, 6.45) is 3.95. The van der Waals surface area contributed by atoms with Gasteiger partial charge in [0.25, 0.3) is 5.91 Å². The molecule has 9 heteroatoms. The van der Waals surface area contributed by atoms with Crippen LogP contribution in [0.3, 0.4) is 0 Å². The van der Waals surface area contributed by atoms with Gasteiger partial charge in [0.15, 0.2) is 5.13 Å². The van der Waals surface area contributed by atoms with Crippen LogP contribution in [-0.2, 0) is 4.74 Å². The van der Waals surface area contributed by atoms with Crippen LogP contribution in [0.1, 0.15) is 30.1 Å². The van der Waals surface area contributed by atoms with Crippen LogP contribution in [0.4, 0.5) is 10.8 Å². The van der Waals surface area contributed by atoms with Crippen molar-refractivity contribution in [2.45, 2.75) is 24.8 Å². The van der Waals surface area contributed by atoms with Gasteiger partial charge in [-0.1, -0.05) is 24.7 Å². The van der Waals surface area contributed by atoms with Crippen molar-refractivity contribution in [1.82, 2.24) is 9.97 Å². The first kappa shape index (κ1) is 21.9. The third-order valence-corrected chi connectivity index (χ3v) is 7.03. The number of carbonyl (C=O) groups is 1. The van der Waals surface area contributed by atoms with Crippen molar-refractivity contribution < 1.29 is 14.3 Å². The Morgan fingerprint density at radius 2 is 2.16 bits per heavy atom. The molecule has 7 nitrogen and oxygen atoms in total. The standard InChI is InChI=1S/C22H26N4O3S2/c1-3-4-13-30-18-14-15(7-8-23-18)21(27)25-22-24-19-17(28-2)6-5-16(20(19)31-22)26-9-11-29-12-10-26/h5-8,14H,3-4,9-13H2,1-2H3,(H,24,25,27). The highest BCUT2D eigenvalue weighted by Crippen LogP contribution is 2.39. The zero-order valence-electron chi connectivity index (χ0n) is 17.7. The monoisotopic (exact) mass is 458 g/mol. The van der Waals surface area contributed by atoms with Gasteiger partial charge >= 0.3 is 0 Å². The molecule has 1 saturated heterocycles. The van der Waals surface area contributed by atoms with Crippen molar-refractivity contribution in [3.8, 4) is 5.75 Å². The van der Waals surface area contributed by atoms with Crippen LogP contribution >= 0.6 is 23.1 Å². The highest BCUT2D eigenvalue weighted by Gasteiger charge is 2.20. The maximum atomic E-state index is 12.9. The summed E-state index contributed by atoms with van der Waals surface area (Å²) in [5.41, 5.74) is 2.43. The summed E-state index contributed by atoms with van der Waals surface area (Å²) in [7, 11) is 1.63. The number of anilines is 2. The Labute approximate surface area is 190 Å². The molecule has 31 heavy (non-hydrogen) atoms. The number of fused-ring (bicyclic) bond motifs is 1. The van der Waals surface area contributed by atoms with Crippen LogP contribution in [-0.4, -0.2) is 55.0 Å². The Kier molecular flexibility index (Phi) is 7.26. The largest absolute Gasteiger partial charge is 0.494 e. The summed E-state index contributed by atoms with van der Waals surface area (Å²) in [5.74, 6) is 1.50. The van der Waals surface area contributed by atoms with E-state index in [1.54, 1.807) is 31.1 Å². The summed E-state index contributed by atoms with van der Waals surface area (Å²) >= 11 is 3.14. The van der Waals surface area contributed by atoms with Crippen LogP contribution in [0.5, 0.6) is 5.75 Å². The topological polar surface area (TPSA) is 76.6 Å². The average molecular weight is 459 g/mol. The number of unbranched alkanes of at least 4 members (excludes halogenated alkanes) is 1. The van der Waals surface area contributed by atoms with E-state index in [4.69, 9.17) is 9.47 Å². The number of amides is 1. The lowest BCUT2D eigenvalue weighted by molar-refractivity contribution is 0.102. The minimum absolute atomic E-state index is 0.189. The zero-order chi connectivity index (χ0) is 21.6. The first-order chi connectivity index (χ1) is 15.2. The summed E-state index contributed by atoms with van der Waals surface area (Å²) in [5, 5.41) is 4.37. The predicted octanol–water partition coefficient (Wildman–Crippen LogP) is 4.68. The molecule has 1 aliphatic rings. The Bertz CT molecular complexity index is 1050. The summed E-state index contributed by atoms with van der Waals surface area (Å²) in [6, 6.07) is 7.55. The van der Waals surface area contributed by atoms with Gasteiger partial charge in [0.05, 0.1) is 35.7 Å². The minimum atomic E-state index is -0.189. The molecule has 2 aromatic heterocycles. The quantitative estimate of drug-likeness (QED) is 0.388. The smallest absolute Gasteiger partial charge is 0.257 e. The summed E-state index contributed by atoms with van der Waals surface area (Å²) in [4.78, 5) is 24.2. The molecular formula is C22H26N4O3S2. The second kappa shape index (κ2) is 10.3. The molecule has 164 valence electrons. The van der Waals surface area contributed by atoms with Gasteiger partial charge in [0.1, 0.15) is 11.3 Å². The highest BCUT2D eigenvalue weighted by molar-refractivity contribution is 7.99. The maximum absolute atomic E-state index is 12.9. The third-order valence-electron chi connectivity index (χ3n) is 5.02. The van der Waals surface area contributed by atoms with E-state index in [0.717, 1.165) is 52.6 Å². The number of benzene rings is 1. The van der Waals surface area contributed by atoms with Crippen LogP contribution in [0.15, 0.2) is 35.5 Å². The second-order valence-electron chi connectivity index (χ2n) is 7.12. The number of nitrogens with zero attached hydrogens (tertiary/aromatic N) is 3. The van der Waals surface area contributed by atoms with E-state index >= 15 is 0 Å². The van der Waals surface area contributed by atoms with Gasteiger partial charge in [-0.2, -0.15) is 0 Å². The van der Waals surface area contributed by atoms with E-state index in [1.807, 2.05) is 12.1 Å². The lowest BCUT2D eigenvalue weighted by atomic mass is 10.2. The number of carbonyl (C=O) groups excluding carboxylic acids is 1. The Balaban J connectivity index is 1.57. The van der Waals surface area contributed by atoms with E-state index in [0.29, 0.717) is 29.7 Å². The van der Waals surface area contributed by atoms with E-state index in [2.05, 4.69) is 33.2 Å². The van der Waals surface area contributed by atoms with E-state index < -0.39 is 0 Å². The number of pyridine rings is 1. The molecule has 0 saturated carbocycles. The Morgan fingerprint density at radius 1 is 1.32 bits per heavy atom. The summed E-state index contributed by atoms with van der Waals surface area (Å²) < 4.78 is 12.0. The van der Waals surface area contributed by atoms with Crippen molar-refractivity contribution in [3.63, 3.8) is 0 Å². The number of hydrogen-bond donors (Lipinski definition) is 1. The molecule has 0 aliphatic carbocycles. The number of thioether (sulfide) groups is 1. The Morgan fingerprint density at radius 3 is 2.94 bits per heavy atom. The molecule has 1 fully saturated rings. The lowest BCUT2D eigenvalue weighted by Gasteiger charge is -2.29. The van der Waals surface area contributed by atoms with Crippen LogP contribution in [0.25, 0.3) is 10.2 Å². The number of morpholine rings is 1. The third kappa shape index (κ3) is 5.11. The van der Waals surface area contributed by atoms with Crippen LogP contribution < -0.4 is 15.0 Å². The number of rotatable bonds is 8. The second-order valence-corrected chi connectivity index (χ2v) is 9.24. The first-order valence-electron chi connectivity index (χ1n) is 10.4. The fourth-order valence-corrected chi connectivity index (χ4v) is 5.37. The molecule has 0 spiro atoms. The van der Waals surface area contributed by atoms with Crippen molar-refractivity contribution in [2.24, 2.45) is 0 Å². The van der Waals surface area contributed by atoms with Crippen LogP contribution in [0.2, 0.25) is 0 Å². The van der Waals surface area contributed by atoms with Gasteiger partial charge in [-0.05, 0) is 36.4 Å². The number of nitrogens with one attached hydrogen (secondary N) is 1. The molecular weight excluding hydrogens is 432 g/mol. The predicted molar refractivity (Wildman–Crippen MR) is 127 cm³/mol. The van der Waals surface area contributed by atoms with Gasteiger partial charge in [0.2, 0.25) is 0 Å². The molecule has 3 aromatic rings. The number of thiazole rings is 1. The van der Waals surface area contributed by atoms with Crippen molar-refractivity contribution in [2.75, 3.05) is 49.4 Å². The summed E-state index contributed by atoms with van der Waals surface area (Å²) in [6.45, 7) is 5.23. The molecule has 0 radical (unpaired) electrons. The number of ether oxygens (including phenoxy) is 2. The number of methoxy groups -OCH3 is 1. The van der Waals surface area contributed by atoms with Gasteiger partial charge < -0.3 is 14.4 Å². The fraction of sp³-hybridized carbons (Fsp3) is 0.409. The molecule has 0 bridgehead atoms. The van der Waals surface area contributed by atoms with Crippen molar-refractivity contribution >= 4 is 50.0 Å². The SMILES string of the molecule is CCCCSc1cc(C(=O)Nc2nc3c(OC)ccc(N4CCOCC4)c3s2)ccn1. The lowest BCUT2D eigenvalue weighted by Crippen LogP contribution is -2.36. The molecule has 1 aromatic carbocycles. The van der Waals surface area contributed by atoms with E-state index in [1.165, 1.54) is 11.3 Å². The zero-order valence-corrected chi connectivity index (χ0v) is 19.4. The molecule has 0 unspecified atom stereocenters. The number of aromatic nitrogens is 2. The highest BCUT2D eigenvalue weighted by atomic mass is 32.2. The fourth-order valence-electron chi connectivity index (χ4n) is 3.36. The first-order valence-corrected chi connectivity index (χ1v) is 12.2. The van der Waals surface area contributed by atoms with Crippen molar-refractivity contribution in [3.05, 3.63) is 36.0 Å². The van der Waals surface area contributed by atoms with Gasteiger partial charge in [-0.25, -0.2) is 9.97 Å². The molecule has 0 atom stereocenters. The van der Waals surface area contributed by atoms with E-state index in [-0.39, 0.29) is 5.91 Å². The normalized spacial score (nSPS) is 14.1. The minimum Gasteiger partial charge on any atom is -0.494 e. The molecule has 4 rings (SSSR count).